The number of carbonyl (C=O) groups excluding carboxylic acids is 2. The molecule has 0 aliphatic rings. The number of rotatable bonds is 5. The van der Waals surface area contributed by atoms with Crippen LogP contribution in [0.3, 0.4) is 0 Å². The van der Waals surface area contributed by atoms with Gasteiger partial charge in [0.15, 0.2) is 5.78 Å². The average Bonchev–Trinajstić information content (AvgIpc) is 2.56. The van der Waals surface area contributed by atoms with E-state index in [1.165, 1.54) is 0 Å². The fraction of sp³-hybridized carbons (Fsp3) is 0.167. The van der Waals surface area contributed by atoms with E-state index in [0.717, 1.165) is 5.56 Å². The molecule has 0 N–H and O–H groups in total. The molecule has 4 heteroatoms. The lowest BCUT2D eigenvalue weighted by molar-refractivity contribution is -0.138. The summed E-state index contributed by atoms with van der Waals surface area (Å²) in [6.07, 6.45) is 4.90. The second-order valence-corrected chi connectivity index (χ2v) is 4.74. The lowest BCUT2D eigenvalue weighted by Gasteiger charge is -2.03. The van der Waals surface area contributed by atoms with Crippen molar-refractivity contribution in [3.05, 3.63) is 71.1 Å². The number of aromatic nitrogens is 1. The van der Waals surface area contributed by atoms with Crippen LogP contribution in [0.25, 0.3) is 6.08 Å². The standard InChI is InChI=1S/C18H17NO3/c1-3-22-18(21)13(2)11-14-6-8-15(9-7-14)17(20)16-5-4-10-19-12-16/h4-12H,3H2,1-2H3. The van der Waals surface area contributed by atoms with Gasteiger partial charge in [0.25, 0.3) is 0 Å². The minimum atomic E-state index is -0.335. The molecule has 0 radical (unpaired) electrons. The zero-order valence-corrected chi connectivity index (χ0v) is 12.6. The fourth-order valence-electron chi connectivity index (χ4n) is 1.95. The Morgan fingerprint density at radius 3 is 2.45 bits per heavy atom. The third-order valence-corrected chi connectivity index (χ3v) is 3.08. The SMILES string of the molecule is CCOC(=O)C(C)=Cc1ccc(C(=O)c2cccnc2)cc1. The zero-order chi connectivity index (χ0) is 15.9. The van der Waals surface area contributed by atoms with E-state index in [-0.39, 0.29) is 11.8 Å². The van der Waals surface area contributed by atoms with Crippen molar-refractivity contribution in [1.29, 1.82) is 0 Å². The molecule has 0 aliphatic carbocycles. The van der Waals surface area contributed by atoms with Crippen LogP contribution >= 0.6 is 0 Å². The molecule has 4 nitrogen and oxygen atoms in total. The molecule has 0 fully saturated rings. The molecule has 1 aromatic carbocycles. The third kappa shape index (κ3) is 3.88. The minimum absolute atomic E-state index is 0.0780. The normalized spacial score (nSPS) is 11.1. The van der Waals surface area contributed by atoms with Gasteiger partial charge in [-0.3, -0.25) is 9.78 Å². The number of benzene rings is 1. The van der Waals surface area contributed by atoms with E-state index in [4.69, 9.17) is 4.74 Å². The Hall–Kier alpha value is -2.75. The Kier molecular flexibility index (Phi) is 5.20. The fourth-order valence-corrected chi connectivity index (χ4v) is 1.95. The van der Waals surface area contributed by atoms with E-state index in [2.05, 4.69) is 4.98 Å². The van der Waals surface area contributed by atoms with E-state index < -0.39 is 0 Å². The number of hydrogen-bond acceptors (Lipinski definition) is 4. The Morgan fingerprint density at radius 1 is 1.14 bits per heavy atom. The number of nitrogens with zero attached hydrogens (tertiary/aromatic N) is 1. The quantitative estimate of drug-likeness (QED) is 0.482. The molecule has 2 aromatic rings. The summed E-state index contributed by atoms with van der Waals surface area (Å²) in [5.41, 5.74) is 2.49. The van der Waals surface area contributed by atoms with Crippen molar-refractivity contribution in [2.45, 2.75) is 13.8 Å². The maximum absolute atomic E-state index is 12.2. The highest BCUT2D eigenvalue weighted by atomic mass is 16.5. The van der Waals surface area contributed by atoms with Crippen molar-refractivity contribution in [2.75, 3.05) is 6.61 Å². The number of ether oxygens (including phenoxy) is 1. The zero-order valence-electron chi connectivity index (χ0n) is 12.6. The largest absolute Gasteiger partial charge is 0.463 e. The van der Waals surface area contributed by atoms with E-state index in [1.54, 1.807) is 68.7 Å². The summed E-state index contributed by atoms with van der Waals surface area (Å²) in [5, 5.41) is 0. The predicted octanol–water partition coefficient (Wildman–Crippen LogP) is 3.28. The Labute approximate surface area is 129 Å². The summed E-state index contributed by atoms with van der Waals surface area (Å²) in [5.74, 6) is -0.413. The van der Waals surface area contributed by atoms with Crippen LogP contribution in [0, 0.1) is 0 Å². The summed E-state index contributed by atoms with van der Waals surface area (Å²) in [7, 11) is 0. The molecule has 0 aliphatic heterocycles. The maximum Gasteiger partial charge on any atom is 0.333 e. The summed E-state index contributed by atoms with van der Waals surface area (Å²) in [6, 6.07) is 10.5. The molecule has 0 amide bonds. The van der Waals surface area contributed by atoms with Crippen LogP contribution in [0.2, 0.25) is 0 Å². The molecule has 0 unspecified atom stereocenters. The van der Waals surface area contributed by atoms with Gasteiger partial charge in [-0.05, 0) is 37.6 Å². The van der Waals surface area contributed by atoms with Gasteiger partial charge < -0.3 is 4.74 Å². The van der Waals surface area contributed by atoms with Gasteiger partial charge in [-0.25, -0.2) is 4.79 Å². The Bertz CT molecular complexity index is 688. The molecule has 0 saturated heterocycles. The molecule has 2 rings (SSSR count). The van der Waals surface area contributed by atoms with Crippen LogP contribution in [0.5, 0.6) is 0 Å². The molecule has 0 saturated carbocycles. The van der Waals surface area contributed by atoms with Gasteiger partial charge in [-0.2, -0.15) is 0 Å². The Morgan fingerprint density at radius 2 is 1.86 bits per heavy atom. The topological polar surface area (TPSA) is 56.3 Å². The van der Waals surface area contributed by atoms with Crippen molar-refractivity contribution in [3.8, 4) is 0 Å². The van der Waals surface area contributed by atoms with Crippen LogP contribution < -0.4 is 0 Å². The van der Waals surface area contributed by atoms with Crippen LogP contribution in [0.4, 0.5) is 0 Å². The number of carbonyl (C=O) groups is 2. The molecular formula is C18H17NO3. The van der Waals surface area contributed by atoms with Gasteiger partial charge in [0.1, 0.15) is 0 Å². The van der Waals surface area contributed by atoms with Crippen LogP contribution in [0.15, 0.2) is 54.4 Å². The number of hydrogen-bond donors (Lipinski definition) is 0. The van der Waals surface area contributed by atoms with Crippen molar-refractivity contribution < 1.29 is 14.3 Å². The summed E-state index contributed by atoms with van der Waals surface area (Å²) < 4.78 is 4.93. The van der Waals surface area contributed by atoms with E-state index in [0.29, 0.717) is 23.3 Å². The predicted molar refractivity (Wildman–Crippen MR) is 84.4 cm³/mol. The van der Waals surface area contributed by atoms with E-state index in [9.17, 15) is 9.59 Å². The first-order chi connectivity index (χ1) is 10.6. The molecule has 1 aromatic heterocycles. The minimum Gasteiger partial charge on any atom is -0.463 e. The van der Waals surface area contributed by atoms with Crippen molar-refractivity contribution in [1.82, 2.24) is 4.98 Å². The lowest BCUT2D eigenvalue weighted by atomic mass is 10.0. The van der Waals surface area contributed by atoms with Crippen LogP contribution in [0.1, 0.15) is 35.3 Å². The summed E-state index contributed by atoms with van der Waals surface area (Å²) in [4.78, 5) is 27.7. The number of ketones is 1. The number of pyridine rings is 1. The first-order valence-corrected chi connectivity index (χ1v) is 7.02. The van der Waals surface area contributed by atoms with Gasteiger partial charge in [0.05, 0.1) is 6.61 Å². The van der Waals surface area contributed by atoms with E-state index in [1.807, 2.05) is 0 Å². The number of esters is 1. The second-order valence-electron chi connectivity index (χ2n) is 4.74. The molecule has 22 heavy (non-hydrogen) atoms. The highest BCUT2D eigenvalue weighted by molar-refractivity contribution is 6.08. The third-order valence-electron chi connectivity index (χ3n) is 3.08. The molecule has 0 spiro atoms. The first kappa shape index (κ1) is 15.6. The molecule has 112 valence electrons. The molecular weight excluding hydrogens is 278 g/mol. The van der Waals surface area contributed by atoms with Gasteiger partial charge in [0.2, 0.25) is 0 Å². The monoisotopic (exact) mass is 295 g/mol. The highest BCUT2D eigenvalue weighted by Gasteiger charge is 2.09. The van der Waals surface area contributed by atoms with Gasteiger partial charge >= 0.3 is 5.97 Å². The average molecular weight is 295 g/mol. The lowest BCUT2D eigenvalue weighted by Crippen LogP contribution is -2.05. The molecule has 0 bridgehead atoms. The van der Waals surface area contributed by atoms with Crippen molar-refractivity contribution in [2.24, 2.45) is 0 Å². The first-order valence-electron chi connectivity index (χ1n) is 7.02. The maximum atomic E-state index is 12.2. The smallest absolute Gasteiger partial charge is 0.333 e. The highest BCUT2D eigenvalue weighted by Crippen LogP contribution is 2.13. The molecule has 0 atom stereocenters. The summed E-state index contributed by atoms with van der Waals surface area (Å²) in [6.45, 7) is 3.82. The molecule has 1 heterocycles. The Balaban J connectivity index is 2.16. The van der Waals surface area contributed by atoms with Crippen molar-refractivity contribution >= 4 is 17.8 Å². The van der Waals surface area contributed by atoms with Gasteiger partial charge in [0, 0.05) is 29.1 Å². The second kappa shape index (κ2) is 7.31. The summed E-state index contributed by atoms with van der Waals surface area (Å²) >= 11 is 0. The van der Waals surface area contributed by atoms with Crippen LogP contribution in [-0.4, -0.2) is 23.3 Å². The van der Waals surface area contributed by atoms with Gasteiger partial charge in [-0.15, -0.1) is 0 Å². The van der Waals surface area contributed by atoms with Crippen LogP contribution in [-0.2, 0) is 9.53 Å². The van der Waals surface area contributed by atoms with Crippen molar-refractivity contribution in [3.63, 3.8) is 0 Å². The van der Waals surface area contributed by atoms with Gasteiger partial charge in [-0.1, -0.05) is 24.3 Å². The van der Waals surface area contributed by atoms with E-state index >= 15 is 0 Å².